The summed E-state index contributed by atoms with van der Waals surface area (Å²) < 4.78 is 24.0. The van der Waals surface area contributed by atoms with Gasteiger partial charge in [0.05, 0.1) is 0 Å². The summed E-state index contributed by atoms with van der Waals surface area (Å²) in [5.41, 5.74) is 1.98. The molecule has 2 aromatic rings. The van der Waals surface area contributed by atoms with E-state index < -0.39 is 0 Å². The topological polar surface area (TPSA) is 60.2 Å². The van der Waals surface area contributed by atoms with Gasteiger partial charge < -0.3 is 10.1 Å². The molecule has 0 amide bonds. The number of halogens is 1. The van der Waals surface area contributed by atoms with Gasteiger partial charge >= 0.3 is 0 Å². The van der Waals surface area contributed by atoms with Crippen molar-refractivity contribution in [1.82, 2.24) is 15.6 Å². The molecule has 0 bridgehead atoms. The van der Waals surface area contributed by atoms with Crippen LogP contribution in [0, 0.1) is 12.7 Å². The van der Waals surface area contributed by atoms with Gasteiger partial charge in [0, 0.05) is 18.2 Å². The number of nitrogens with zero attached hydrogens (tertiary/aromatic N) is 2. The molecule has 5 nitrogen and oxygen atoms in total. The highest BCUT2D eigenvalue weighted by atomic mass is 19.1. The van der Waals surface area contributed by atoms with Crippen molar-refractivity contribution in [3.8, 4) is 5.75 Å². The SMILES string of the molecule is Cc1nonc1COc1c(F)cccc1CNC(C)C. The minimum Gasteiger partial charge on any atom is -0.484 e. The van der Waals surface area contributed by atoms with E-state index in [9.17, 15) is 4.39 Å². The molecule has 0 radical (unpaired) electrons. The molecule has 0 aliphatic heterocycles. The molecule has 2 rings (SSSR count). The normalized spacial score (nSPS) is 11.1. The Kier molecular flexibility index (Phi) is 4.68. The molecule has 20 heavy (non-hydrogen) atoms. The first-order valence-electron chi connectivity index (χ1n) is 6.49. The second-order valence-corrected chi connectivity index (χ2v) is 4.85. The van der Waals surface area contributed by atoms with Gasteiger partial charge in [-0.05, 0) is 13.0 Å². The van der Waals surface area contributed by atoms with Gasteiger partial charge in [-0.15, -0.1) is 0 Å². The van der Waals surface area contributed by atoms with E-state index in [0.717, 1.165) is 5.56 Å². The molecule has 0 saturated heterocycles. The molecular weight excluding hydrogens is 261 g/mol. The molecule has 6 heteroatoms. The molecule has 0 atom stereocenters. The van der Waals surface area contributed by atoms with E-state index in [-0.39, 0.29) is 18.2 Å². The number of para-hydroxylation sites is 1. The van der Waals surface area contributed by atoms with Gasteiger partial charge in [-0.25, -0.2) is 9.02 Å². The van der Waals surface area contributed by atoms with Crippen LogP contribution in [0.5, 0.6) is 5.75 Å². The predicted molar refractivity (Wildman–Crippen MR) is 71.7 cm³/mol. The molecule has 1 aromatic carbocycles. The van der Waals surface area contributed by atoms with E-state index in [2.05, 4.69) is 20.3 Å². The van der Waals surface area contributed by atoms with E-state index in [0.29, 0.717) is 24.0 Å². The van der Waals surface area contributed by atoms with Crippen LogP contribution in [-0.4, -0.2) is 16.4 Å². The number of nitrogens with one attached hydrogen (secondary N) is 1. The molecule has 1 heterocycles. The second kappa shape index (κ2) is 6.47. The van der Waals surface area contributed by atoms with E-state index in [1.165, 1.54) is 6.07 Å². The van der Waals surface area contributed by atoms with Crippen LogP contribution in [0.3, 0.4) is 0 Å². The summed E-state index contributed by atoms with van der Waals surface area (Å²) in [5, 5.41) is 10.6. The number of hydrogen-bond donors (Lipinski definition) is 1. The molecule has 0 saturated carbocycles. The van der Waals surface area contributed by atoms with Crippen LogP contribution < -0.4 is 10.1 Å². The predicted octanol–water partition coefficient (Wildman–Crippen LogP) is 2.59. The fourth-order valence-electron chi connectivity index (χ4n) is 1.69. The molecule has 0 spiro atoms. The van der Waals surface area contributed by atoms with Crippen LogP contribution in [-0.2, 0) is 13.2 Å². The number of aryl methyl sites for hydroxylation is 1. The van der Waals surface area contributed by atoms with Crippen molar-refractivity contribution < 1.29 is 13.8 Å². The molecule has 1 N–H and O–H groups in total. The summed E-state index contributed by atoms with van der Waals surface area (Å²) in [6, 6.07) is 5.19. The molecule has 0 unspecified atom stereocenters. The Labute approximate surface area is 117 Å². The summed E-state index contributed by atoms with van der Waals surface area (Å²) in [5.74, 6) is -0.148. The van der Waals surface area contributed by atoms with Gasteiger partial charge in [0.2, 0.25) is 0 Å². The molecule has 1 aromatic heterocycles. The van der Waals surface area contributed by atoms with Crippen molar-refractivity contribution in [3.63, 3.8) is 0 Å². The lowest BCUT2D eigenvalue weighted by Gasteiger charge is -2.13. The van der Waals surface area contributed by atoms with E-state index in [4.69, 9.17) is 4.74 Å². The first-order valence-corrected chi connectivity index (χ1v) is 6.49. The lowest BCUT2D eigenvalue weighted by molar-refractivity contribution is 0.260. The molecule has 0 fully saturated rings. The maximum absolute atomic E-state index is 13.9. The van der Waals surface area contributed by atoms with Crippen molar-refractivity contribution in [2.75, 3.05) is 0 Å². The Hall–Kier alpha value is -1.95. The first kappa shape index (κ1) is 14.5. The highest BCUT2D eigenvalue weighted by Crippen LogP contribution is 2.24. The van der Waals surface area contributed by atoms with Gasteiger partial charge in [-0.2, -0.15) is 0 Å². The zero-order valence-electron chi connectivity index (χ0n) is 11.8. The number of benzene rings is 1. The van der Waals surface area contributed by atoms with Crippen molar-refractivity contribution in [2.24, 2.45) is 0 Å². The van der Waals surface area contributed by atoms with Crippen LogP contribution in [0.4, 0.5) is 4.39 Å². The fourth-order valence-corrected chi connectivity index (χ4v) is 1.69. The lowest BCUT2D eigenvalue weighted by Crippen LogP contribution is -2.22. The van der Waals surface area contributed by atoms with Gasteiger partial charge in [0.25, 0.3) is 0 Å². The Balaban J connectivity index is 2.11. The van der Waals surface area contributed by atoms with Crippen molar-refractivity contribution in [2.45, 2.75) is 40.0 Å². The quantitative estimate of drug-likeness (QED) is 0.880. The average molecular weight is 279 g/mol. The highest BCUT2D eigenvalue weighted by Gasteiger charge is 2.12. The van der Waals surface area contributed by atoms with Crippen molar-refractivity contribution >= 4 is 0 Å². The Morgan fingerprint density at radius 3 is 2.80 bits per heavy atom. The fraction of sp³-hybridized carbons (Fsp3) is 0.429. The zero-order valence-corrected chi connectivity index (χ0v) is 11.8. The summed E-state index contributed by atoms with van der Waals surface area (Å²) in [4.78, 5) is 0. The van der Waals surface area contributed by atoms with Crippen LogP contribution in [0.15, 0.2) is 22.8 Å². The standard InChI is InChI=1S/C14H18FN3O2/c1-9(2)16-7-11-5-4-6-12(15)14(11)19-8-13-10(3)17-20-18-13/h4-6,9,16H,7-8H2,1-3H3. The number of hydrogen-bond acceptors (Lipinski definition) is 5. The Morgan fingerprint density at radius 2 is 2.15 bits per heavy atom. The number of aromatic nitrogens is 2. The van der Waals surface area contributed by atoms with Crippen LogP contribution in [0.1, 0.15) is 30.8 Å². The van der Waals surface area contributed by atoms with Crippen LogP contribution in [0.25, 0.3) is 0 Å². The van der Waals surface area contributed by atoms with Gasteiger partial charge in [-0.3, -0.25) is 0 Å². The third-order valence-corrected chi connectivity index (χ3v) is 2.85. The van der Waals surface area contributed by atoms with Gasteiger partial charge in [0.15, 0.2) is 11.6 Å². The maximum atomic E-state index is 13.9. The lowest BCUT2D eigenvalue weighted by atomic mass is 10.2. The third kappa shape index (κ3) is 3.54. The molecular formula is C14H18FN3O2. The van der Waals surface area contributed by atoms with Gasteiger partial charge in [0.1, 0.15) is 18.0 Å². The Bertz CT molecular complexity index is 569. The first-order chi connectivity index (χ1) is 9.58. The van der Waals surface area contributed by atoms with Crippen LogP contribution in [0.2, 0.25) is 0 Å². The largest absolute Gasteiger partial charge is 0.484 e. The highest BCUT2D eigenvalue weighted by molar-refractivity contribution is 5.35. The molecule has 108 valence electrons. The summed E-state index contributed by atoms with van der Waals surface area (Å²) in [6.07, 6.45) is 0. The van der Waals surface area contributed by atoms with E-state index in [1.807, 2.05) is 19.9 Å². The van der Waals surface area contributed by atoms with Crippen molar-refractivity contribution in [3.05, 3.63) is 41.0 Å². The maximum Gasteiger partial charge on any atom is 0.165 e. The second-order valence-electron chi connectivity index (χ2n) is 4.85. The zero-order chi connectivity index (χ0) is 14.5. The van der Waals surface area contributed by atoms with Crippen LogP contribution >= 0.6 is 0 Å². The number of ether oxygens (including phenoxy) is 1. The van der Waals surface area contributed by atoms with Crippen molar-refractivity contribution in [1.29, 1.82) is 0 Å². The summed E-state index contributed by atoms with van der Waals surface area (Å²) in [7, 11) is 0. The minimum atomic E-state index is -0.387. The number of rotatable bonds is 6. The summed E-state index contributed by atoms with van der Waals surface area (Å²) >= 11 is 0. The summed E-state index contributed by atoms with van der Waals surface area (Å²) in [6.45, 7) is 6.50. The Morgan fingerprint density at radius 1 is 1.35 bits per heavy atom. The van der Waals surface area contributed by atoms with Gasteiger partial charge in [-0.1, -0.05) is 36.3 Å². The monoisotopic (exact) mass is 279 g/mol. The average Bonchev–Trinajstić information content (AvgIpc) is 2.81. The minimum absolute atomic E-state index is 0.130. The van der Waals surface area contributed by atoms with E-state index in [1.54, 1.807) is 13.0 Å². The van der Waals surface area contributed by atoms with E-state index >= 15 is 0 Å². The molecule has 0 aliphatic rings. The molecule has 0 aliphatic carbocycles. The smallest absolute Gasteiger partial charge is 0.165 e. The third-order valence-electron chi connectivity index (χ3n) is 2.85.